The van der Waals surface area contributed by atoms with E-state index in [2.05, 4.69) is 72.5 Å². The fourth-order valence-electron chi connectivity index (χ4n) is 3.86. The van der Waals surface area contributed by atoms with Crippen LogP contribution in [0.1, 0.15) is 64.5 Å². The summed E-state index contributed by atoms with van der Waals surface area (Å²) in [4.78, 5) is 18.2. The molecule has 1 aromatic rings. The molecular formula is C24H41N5O. The van der Waals surface area contributed by atoms with Gasteiger partial charge in [-0.3, -0.25) is 14.7 Å². The van der Waals surface area contributed by atoms with Crippen molar-refractivity contribution in [3.63, 3.8) is 0 Å². The second-order valence-electron chi connectivity index (χ2n) is 9.87. The van der Waals surface area contributed by atoms with Crippen LogP contribution in [-0.2, 0) is 17.9 Å². The maximum absolute atomic E-state index is 11.5. The predicted octanol–water partition coefficient (Wildman–Crippen LogP) is 3.26. The minimum Gasteiger partial charge on any atom is -0.369 e. The average Bonchev–Trinajstić information content (AvgIpc) is 2.69. The van der Waals surface area contributed by atoms with E-state index >= 15 is 0 Å². The Morgan fingerprint density at radius 3 is 2.73 bits per heavy atom. The molecule has 4 N–H and O–H groups in total. The lowest BCUT2D eigenvalue weighted by Crippen LogP contribution is -2.42. The van der Waals surface area contributed by atoms with Crippen molar-refractivity contribution in [3.8, 4) is 0 Å². The number of primary amides is 1. The van der Waals surface area contributed by atoms with Crippen LogP contribution in [0.2, 0.25) is 0 Å². The van der Waals surface area contributed by atoms with E-state index in [1.165, 1.54) is 17.5 Å². The molecule has 2 rings (SSSR count). The Labute approximate surface area is 182 Å². The molecule has 2 unspecified atom stereocenters. The van der Waals surface area contributed by atoms with Crippen LogP contribution in [-0.4, -0.2) is 42.9 Å². The number of guanidine groups is 1. The van der Waals surface area contributed by atoms with Crippen molar-refractivity contribution in [2.24, 2.45) is 22.1 Å². The second kappa shape index (κ2) is 11.3. The standard InChI is InChI=1S/C24H41N5O/c1-18(11-12-24(2,3)4)28-23(26-5)27-15-19-8-6-9-20(14-19)16-29-13-7-10-21(17-29)22(25)30/h6,8-9,14,18,21H,7,10-13,15-17H2,1-5H3,(H2,25,30)(H2,26,27,28). The lowest BCUT2D eigenvalue weighted by Gasteiger charge is -2.31. The van der Waals surface area contributed by atoms with Crippen LogP contribution in [0.25, 0.3) is 0 Å². The third-order valence-corrected chi connectivity index (χ3v) is 5.70. The van der Waals surface area contributed by atoms with Crippen LogP contribution < -0.4 is 16.4 Å². The molecule has 168 valence electrons. The van der Waals surface area contributed by atoms with E-state index in [-0.39, 0.29) is 11.8 Å². The van der Waals surface area contributed by atoms with Gasteiger partial charge in [-0.2, -0.15) is 0 Å². The SMILES string of the molecule is CN=C(NCc1cccc(CN2CCCC(C(N)=O)C2)c1)NC(C)CCC(C)(C)C. The first-order valence-electron chi connectivity index (χ1n) is 11.2. The minimum absolute atomic E-state index is 0.0155. The fraction of sp³-hybridized carbons (Fsp3) is 0.667. The first-order chi connectivity index (χ1) is 14.2. The Hall–Kier alpha value is -2.08. The van der Waals surface area contributed by atoms with Crippen molar-refractivity contribution in [1.29, 1.82) is 0 Å². The molecule has 0 radical (unpaired) electrons. The number of carbonyl (C=O) groups is 1. The lowest BCUT2D eigenvalue weighted by molar-refractivity contribution is -0.123. The van der Waals surface area contributed by atoms with Gasteiger partial charge < -0.3 is 16.4 Å². The maximum Gasteiger partial charge on any atom is 0.221 e. The van der Waals surface area contributed by atoms with E-state index in [0.29, 0.717) is 11.5 Å². The third kappa shape index (κ3) is 8.74. The summed E-state index contributed by atoms with van der Waals surface area (Å²) in [5.41, 5.74) is 8.35. The van der Waals surface area contributed by atoms with Gasteiger partial charge in [-0.1, -0.05) is 45.0 Å². The maximum atomic E-state index is 11.5. The number of carbonyl (C=O) groups excluding carboxylic acids is 1. The zero-order valence-corrected chi connectivity index (χ0v) is 19.5. The van der Waals surface area contributed by atoms with E-state index < -0.39 is 0 Å². The van der Waals surface area contributed by atoms with Gasteiger partial charge in [-0.25, -0.2) is 0 Å². The van der Waals surface area contributed by atoms with Crippen molar-refractivity contribution in [2.45, 2.75) is 72.5 Å². The molecule has 0 bridgehead atoms. The highest BCUT2D eigenvalue weighted by atomic mass is 16.1. The molecule has 0 saturated carbocycles. The van der Waals surface area contributed by atoms with Crippen molar-refractivity contribution in [2.75, 3.05) is 20.1 Å². The molecule has 2 atom stereocenters. The molecule has 1 heterocycles. The molecule has 6 nitrogen and oxygen atoms in total. The number of rotatable bonds is 8. The minimum atomic E-state index is -0.173. The zero-order chi connectivity index (χ0) is 22.1. The number of nitrogens with two attached hydrogens (primary N) is 1. The van der Waals surface area contributed by atoms with Crippen LogP contribution in [0.15, 0.2) is 29.3 Å². The van der Waals surface area contributed by atoms with Crippen LogP contribution in [0.3, 0.4) is 0 Å². The largest absolute Gasteiger partial charge is 0.369 e. The van der Waals surface area contributed by atoms with Gasteiger partial charge in [0.25, 0.3) is 0 Å². The number of amides is 1. The Morgan fingerprint density at radius 2 is 2.07 bits per heavy atom. The van der Waals surface area contributed by atoms with Gasteiger partial charge in [0, 0.05) is 32.7 Å². The molecule has 1 aliphatic heterocycles. The molecule has 0 aromatic heterocycles. The summed E-state index contributed by atoms with van der Waals surface area (Å²) in [5, 5.41) is 6.92. The van der Waals surface area contributed by atoms with Crippen LogP contribution in [0.4, 0.5) is 0 Å². The van der Waals surface area contributed by atoms with Gasteiger partial charge in [0.15, 0.2) is 5.96 Å². The summed E-state index contributed by atoms with van der Waals surface area (Å²) in [5.74, 6) is 0.647. The summed E-state index contributed by atoms with van der Waals surface area (Å²) in [6, 6.07) is 8.99. The number of hydrogen-bond donors (Lipinski definition) is 3. The Bertz CT molecular complexity index is 710. The summed E-state index contributed by atoms with van der Waals surface area (Å²) >= 11 is 0. The van der Waals surface area contributed by atoms with Crippen LogP contribution in [0.5, 0.6) is 0 Å². The molecule has 0 aliphatic carbocycles. The van der Waals surface area contributed by atoms with Crippen molar-refractivity contribution >= 4 is 11.9 Å². The average molecular weight is 416 g/mol. The Kier molecular flexibility index (Phi) is 9.15. The predicted molar refractivity (Wildman–Crippen MR) is 125 cm³/mol. The lowest BCUT2D eigenvalue weighted by atomic mass is 9.89. The highest BCUT2D eigenvalue weighted by molar-refractivity contribution is 5.79. The van der Waals surface area contributed by atoms with E-state index in [0.717, 1.165) is 51.4 Å². The van der Waals surface area contributed by atoms with Crippen LogP contribution >= 0.6 is 0 Å². The van der Waals surface area contributed by atoms with Gasteiger partial charge in [-0.15, -0.1) is 0 Å². The smallest absolute Gasteiger partial charge is 0.221 e. The fourth-order valence-corrected chi connectivity index (χ4v) is 3.86. The van der Waals surface area contributed by atoms with Crippen molar-refractivity contribution in [3.05, 3.63) is 35.4 Å². The monoisotopic (exact) mass is 415 g/mol. The highest BCUT2D eigenvalue weighted by Crippen LogP contribution is 2.21. The number of hydrogen-bond acceptors (Lipinski definition) is 3. The molecule has 6 heteroatoms. The molecule has 1 amide bonds. The summed E-state index contributed by atoms with van der Waals surface area (Å²) < 4.78 is 0. The number of aliphatic imine (C=N–C) groups is 1. The molecule has 1 fully saturated rings. The van der Waals surface area contributed by atoms with Gasteiger partial charge in [0.1, 0.15) is 0 Å². The highest BCUT2D eigenvalue weighted by Gasteiger charge is 2.23. The topological polar surface area (TPSA) is 82.8 Å². The normalized spacial score (nSPS) is 19.4. The Morgan fingerprint density at radius 1 is 1.33 bits per heavy atom. The van der Waals surface area contributed by atoms with Gasteiger partial charge in [0.05, 0.1) is 5.92 Å². The number of likely N-dealkylation sites (tertiary alicyclic amines) is 1. The molecular weight excluding hydrogens is 374 g/mol. The first kappa shape index (κ1) is 24.2. The summed E-state index contributed by atoms with van der Waals surface area (Å²) in [6.45, 7) is 12.4. The summed E-state index contributed by atoms with van der Waals surface area (Å²) in [7, 11) is 1.81. The van der Waals surface area contributed by atoms with E-state index in [4.69, 9.17) is 5.73 Å². The third-order valence-electron chi connectivity index (χ3n) is 5.70. The van der Waals surface area contributed by atoms with Gasteiger partial charge >= 0.3 is 0 Å². The number of nitrogens with zero attached hydrogens (tertiary/aromatic N) is 2. The number of nitrogens with one attached hydrogen (secondary N) is 2. The summed E-state index contributed by atoms with van der Waals surface area (Å²) in [6.07, 6.45) is 4.23. The van der Waals surface area contributed by atoms with Gasteiger partial charge in [0.2, 0.25) is 5.91 Å². The van der Waals surface area contributed by atoms with Crippen molar-refractivity contribution in [1.82, 2.24) is 15.5 Å². The van der Waals surface area contributed by atoms with Gasteiger partial charge in [-0.05, 0) is 55.7 Å². The number of benzene rings is 1. The molecule has 0 spiro atoms. The van der Waals surface area contributed by atoms with E-state index in [9.17, 15) is 4.79 Å². The van der Waals surface area contributed by atoms with Crippen LogP contribution in [0, 0.1) is 11.3 Å². The molecule has 1 aromatic carbocycles. The second-order valence-corrected chi connectivity index (χ2v) is 9.87. The zero-order valence-electron chi connectivity index (χ0n) is 19.5. The quantitative estimate of drug-likeness (QED) is 0.449. The molecule has 1 saturated heterocycles. The van der Waals surface area contributed by atoms with E-state index in [1.807, 2.05) is 7.05 Å². The van der Waals surface area contributed by atoms with E-state index in [1.54, 1.807) is 0 Å². The Balaban J connectivity index is 1.84. The molecule has 30 heavy (non-hydrogen) atoms. The number of piperidine rings is 1. The van der Waals surface area contributed by atoms with Crippen molar-refractivity contribution < 1.29 is 4.79 Å². The molecule has 1 aliphatic rings. The first-order valence-corrected chi connectivity index (χ1v) is 11.2.